The number of rotatable bonds is 2. The largest absolute Gasteiger partial charge is 0.338 e. The molecule has 0 aliphatic carbocycles. The van der Waals surface area contributed by atoms with Crippen molar-refractivity contribution >= 4 is 22.4 Å². The van der Waals surface area contributed by atoms with Gasteiger partial charge in [-0.2, -0.15) is 5.10 Å². The second-order valence-electron chi connectivity index (χ2n) is 4.07. The zero-order valence-electron chi connectivity index (χ0n) is 9.78. The van der Waals surface area contributed by atoms with E-state index in [-0.39, 0.29) is 0 Å². The first-order valence-electron chi connectivity index (χ1n) is 5.54. The predicted molar refractivity (Wildman–Crippen MR) is 68.3 cm³/mol. The van der Waals surface area contributed by atoms with E-state index in [0.29, 0.717) is 0 Å². The molecule has 0 fully saturated rings. The molecule has 0 radical (unpaired) electrons. The third-order valence-electron chi connectivity index (χ3n) is 2.91. The fourth-order valence-corrected chi connectivity index (χ4v) is 1.99. The van der Waals surface area contributed by atoms with E-state index in [1.807, 2.05) is 19.9 Å². The first-order chi connectivity index (χ1) is 8.25. The Bertz CT molecular complexity index is 635. The van der Waals surface area contributed by atoms with Crippen molar-refractivity contribution in [1.82, 2.24) is 15.2 Å². The van der Waals surface area contributed by atoms with Crippen LogP contribution < -0.4 is 5.32 Å². The summed E-state index contributed by atoms with van der Waals surface area (Å²) in [5.41, 5.74) is 3.99. The van der Waals surface area contributed by atoms with Crippen LogP contribution in [0, 0.1) is 6.92 Å². The minimum atomic E-state index is 0.745. The molecule has 2 aromatic rings. The van der Waals surface area contributed by atoms with E-state index in [1.165, 1.54) is 0 Å². The number of nitrogens with zero attached hydrogens (tertiary/aromatic N) is 3. The van der Waals surface area contributed by atoms with Crippen LogP contribution in [0.15, 0.2) is 29.0 Å². The predicted octanol–water partition coefficient (Wildman–Crippen LogP) is 2.04. The Morgan fingerprint density at radius 3 is 3.00 bits per heavy atom. The molecule has 1 aliphatic heterocycles. The van der Waals surface area contributed by atoms with Crippen molar-refractivity contribution < 1.29 is 0 Å². The van der Waals surface area contributed by atoms with Gasteiger partial charge in [0.1, 0.15) is 5.82 Å². The number of aliphatic imine (C=N–C) groups is 1. The van der Waals surface area contributed by atoms with Gasteiger partial charge in [0.15, 0.2) is 0 Å². The van der Waals surface area contributed by atoms with Gasteiger partial charge in [-0.1, -0.05) is 0 Å². The fourth-order valence-electron chi connectivity index (χ4n) is 1.99. The molecule has 2 aromatic heterocycles. The maximum Gasteiger partial charge on any atom is 0.141 e. The summed E-state index contributed by atoms with van der Waals surface area (Å²) < 4.78 is 0. The lowest BCUT2D eigenvalue weighted by Crippen LogP contribution is -2.07. The topological polar surface area (TPSA) is 66.0 Å². The molecule has 0 aromatic carbocycles. The Labute approximate surface area is 98.7 Å². The molecule has 2 N–H and O–H groups in total. The van der Waals surface area contributed by atoms with Crippen LogP contribution in [0.3, 0.4) is 0 Å². The summed E-state index contributed by atoms with van der Waals surface area (Å²) in [5.74, 6) is 0.830. The van der Waals surface area contributed by atoms with Crippen LogP contribution in [0.1, 0.15) is 12.6 Å². The van der Waals surface area contributed by atoms with E-state index in [9.17, 15) is 0 Å². The molecule has 3 rings (SSSR count). The van der Waals surface area contributed by atoms with Gasteiger partial charge in [0.2, 0.25) is 0 Å². The number of H-pyrrole nitrogens is 1. The summed E-state index contributed by atoms with van der Waals surface area (Å²) in [7, 11) is 0. The van der Waals surface area contributed by atoms with Crippen LogP contribution in [0.2, 0.25) is 0 Å². The Morgan fingerprint density at radius 2 is 2.24 bits per heavy atom. The molecule has 0 atom stereocenters. The van der Waals surface area contributed by atoms with Crippen molar-refractivity contribution in [3.8, 4) is 0 Å². The van der Waals surface area contributed by atoms with E-state index in [0.717, 1.165) is 40.4 Å². The summed E-state index contributed by atoms with van der Waals surface area (Å²) in [6, 6.07) is 1.90. The van der Waals surface area contributed by atoms with Gasteiger partial charge in [-0.3, -0.25) is 10.1 Å². The fraction of sp³-hybridized carbons (Fsp3) is 0.250. The molecular formula is C12H13N5. The molecule has 17 heavy (non-hydrogen) atoms. The lowest BCUT2D eigenvalue weighted by molar-refractivity contribution is 1.07. The van der Waals surface area contributed by atoms with Gasteiger partial charge >= 0.3 is 0 Å². The molecule has 0 unspecified atom stereocenters. The molecular weight excluding hydrogens is 214 g/mol. The number of aromatic amines is 1. The standard InChI is InChI=1S/C12H13N5/c1-7-9(3-5-13-7)15-12-11-8(2)16-17-10(11)4-6-14-12/h3-4,6H,5H2,1-2H3,(H,14,15)(H,16,17). The van der Waals surface area contributed by atoms with Crippen LogP contribution in [0.4, 0.5) is 5.82 Å². The number of allylic oxidation sites excluding steroid dienone is 1. The highest BCUT2D eigenvalue weighted by atomic mass is 15.1. The van der Waals surface area contributed by atoms with Crippen molar-refractivity contribution in [3.05, 3.63) is 29.7 Å². The van der Waals surface area contributed by atoms with Crippen LogP contribution in [0.25, 0.3) is 10.9 Å². The highest BCUT2D eigenvalue weighted by molar-refractivity contribution is 6.04. The Balaban J connectivity index is 2.06. The van der Waals surface area contributed by atoms with Crippen LogP contribution in [0.5, 0.6) is 0 Å². The van der Waals surface area contributed by atoms with Gasteiger partial charge in [-0.15, -0.1) is 0 Å². The van der Waals surface area contributed by atoms with Crippen LogP contribution >= 0.6 is 0 Å². The molecule has 0 amide bonds. The number of pyridine rings is 1. The number of anilines is 1. The normalized spacial score (nSPS) is 14.9. The van der Waals surface area contributed by atoms with Gasteiger partial charge in [-0.05, 0) is 26.0 Å². The van der Waals surface area contributed by atoms with E-state index < -0.39 is 0 Å². The Hall–Kier alpha value is -2.17. The highest BCUT2D eigenvalue weighted by Gasteiger charge is 2.12. The van der Waals surface area contributed by atoms with E-state index >= 15 is 0 Å². The van der Waals surface area contributed by atoms with Crippen molar-refractivity contribution in [2.24, 2.45) is 4.99 Å². The zero-order chi connectivity index (χ0) is 11.8. The van der Waals surface area contributed by atoms with E-state index in [2.05, 4.69) is 31.6 Å². The third-order valence-corrected chi connectivity index (χ3v) is 2.91. The number of hydrogen-bond donors (Lipinski definition) is 2. The minimum absolute atomic E-state index is 0.745. The average Bonchev–Trinajstić information content (AvgIpc) is 2.88. The molecule has 5 heteroatoms. The second-order valence-corrected chi connectivity index (χ2v) is 4.07. The lowest BCUT2D eigenvalue weighted by Gasteiger charge is -2.07. The van der Waals surface area contributed by atoms with Crippen molar-refractivity contribution in [2.45, 2.75) is 13.8 Å². The monoisotopic (exact) mass is 227 g/mol. The molecule has 0 spiro atoms. The Morgan fingerprint density at radius 1 is 1.35 bits per heavy atom. The van der Waals surface area contributed by atoms with Gasteiger partial charge in [-0.25, -0.2) is 4.98 Å². The number of nitrogens with one attached hydrogen (secondary N) is 2. The first kappa shape index (κ1) is 10.0. The number of hydrogen-bond acceptors (Lipinski definition) is 4. The average molecular weight is 227 g/mol. The molecule has 0 bridgehead atoms. The molecule has 0 saturated heterocycles. The summed E-state index contributed by atoms with van der Waals surface area (Å²) in [6.45, 7) is 4.73. The van der Waals surface area contributed by atoms with E-state index in [4.69, 9.17) is 0 Å². The number of aryl methyl sites for hydroxylation is 1. The summed E-state index contributed by atoms with van der Waals surface area (Å²) in [5, 5.41) is 11.5. The summed E-state index contributed by atoms with van der Waals surface area (Å²) in [6.07, 6.45) is 3.82. The quantitative estimate of drug-likeness (QED) is 0.825. The molecule has 3 heterocycles. The third kappa shape index (κ3) is 1.60. The maximum atomic E-state index is 4.37. The second kappa shape index (κ2) is 3.69. The summed E-state index contributed by atoms with van der Waals surface area (Å²) >= 11 is 0. The SMILES string of the molecule is CC1=NCC=C1Nc1nccc2n[nH]c(C)c12. The number of fused-ring (bicyclic) bond motifs is 1. The van der Waals surface area contributed by atoms with Crippen molar-refractivity contribution in [2.75, 3.05) is 11.9 Å². The molecule has 0 saturated carbocycles. The first-order valence-corrected chi connectivity index (χ1v) is 5.54. The molecule has 86 valence electrons. The molecule has 5 nitrogen and oxygen atoms in total. The lowest BCUT2D eigenvalue weighted by atomic mass is 10.2. The smallest absolute Gasteiger partial charge is 0.141 e. The Kier molecular flexibility index (Phi) is 2.18. The van der Waals surface area contributed by atoms with Crippen molar-refractivity contribution in [1.29, 1.82) is 0 Å². The minimum Gasteiger partial charge on any atom is -0.338 e. The molecule has 1 aliphatic rings. The summed E-state index contributed by atoms with van der Waals surface area (Å²) in [4.78, 5) is 8.69. The number of aromatic nitrogens is 3. The van der Waals surface area contributed by atoms with Crippen molar-refractivity contribution in [3.63, 3.8) is 0 Å². The van der Waals surface area contributed by atoms with Gasteiger partial charge in [0.25, 0.3) is 0 Å². The van der Waals surface area contributed by atoms with Crippen LogP contribution in [-0.2, 0) is 0 Å². The van der Waals surface area contributed by atoms with E-state index in [1.54, 1.807) is 6.20 Å². The maximum absolute atomic E-state index is 4.37. The van der Waals surface area contributed by atoms with Gasteiger partial charge in [0, 0.05) is 11.9 Å². The van der Waals surface area contributed by atoms with Gasteiger partial charge < -0.3 is 5.32 Å². The van der Waals surface area contributed by atoms with Crippen LogP contribution in [-0.4, -0.2) is 27.4 Å². The zero-order valence-corrected chi connectivity index (χ0v) is 9.78. The van der Waals surface area contributed by atoms with Gasteiger partial charge in [0.05, 0.1) is 28.9 Å². The highest BCUT2D eigenvalue weighted by Crippen LogP contribution is 2.24.